The van der Waals surface area contributed by atoms with Crippen LogP contribution >= 0.6 is 11.6 Å². The molecule has 2 N–H and O–H groups in total. The predicted octanol–water partition coefficient (Wildman–Crippen LogP) is 5.43. The summed E-state index contributed by atoms with van der Waals surface area (Å²) >= 11 is 6.52. The van der Waals surface area contributed by atoms with Gasteiger partial charge in [-0.25, -0.2) is 4.98 Å². The molecule has 0 saturated carbocycles. The zero-order chi connectivity index (χ0) is 23.9. The molecular weight excluding hydrogens is 456 g/mol. The number of non-ortho nitro benzene ring substituents is 1. The van der Waals surface area contributed by atoms with Gasteiger partial charge in [0.05, 0.1) is 22.6 Å². The van der Waals surface area contributed by atoms with Gasteiger partial charge >= 0.3 is 0 Å². The van der Waals surface area contributed by atoms with Gasteiger partial charge in [0.2, 0.25) is 0 Å². The van der Waals surface area contributed by atoms with E-state index in [9.17, 15) is 10.1 Å². The number of fused-ring (bicyclic) bond motifs is 1. The fraction of sp³-hybridized carbons (Fsp3) is 0.240. The summed E-state index contributed by atoms with van der Waals surface area (Å²) in [5.74, 6) is 2.06. The van der Waals surface area contributed by atoms with Crippen molar-refractivity contribution in [3.05, 3.63) is 92.8 Å². The van der Waals surface area contributed by atoms with E-state index < -0.39 is 4.92 Å². The molecule has 0 atom stereocenters. The largest absolute Gasteiger partial charge is 0.490 e. The van der Waals surface area contributed by atoms with Gasteiger partial charge in [-0.05, 0) is 48.4 Å². The van der Waals surface area contributed by atoms with E-state index in [2.05, 4.69) is 15.3 Å². The summed E-state index contributed by atoms with van der Waals surface area (Å²) in [6.45, 7) is 3.93. The molecule has 0 aliphatic heterocycles. The lowest BCUT2D eigenvalue weighted by atomic mass is 10.2. The van der Waals surface area contributed by atoms with Crippen LogP contribution in [0.2, 0.25) is 5.02 Å². The molecule has 8 nitrogen and oxygen atoms in total. The van der Waals surface area contributed by atoms with Crippen LogP contribution in [0.1, 0.15) is 23.9 Å². The molecule has 0 saturated heterocycles. The van der Waals surface area contributed by atoms with Gasteiger partial charge in [-0.3, -0.25) is 10.1 Å². The van der Waals surface area contributed by atoms with Crippen molar-refractivity contribution in [1.82, 2.24) is 15.3 Å². The van der Waals surface area contributed by atoms with Gasteiger partial charge in [-0.2, -0.15) is 0 Å². The van der Waals surface area contributed by atoms with Crippen LogP contribution < -0.4 is 14.8 Å². The smallest absolute Gasteiger partial charge is 0.269 e. The number of imidazole rings is 1. The maximum Gasteiger partial charge on any atom is 0.269 e. The molecule has 0 spiro atoms. The van der Waals surface area contributed by atoms with Crippen LogP contribution in [0, 0.1) is 10.1 Å². The van der Waals surface area contributed by atoms with Crippen LogP contribution in [-0.4, -0.2) is 28.0 Å². The van der Waals surface area contributed by atoms with Crippen LogP contribution in [0.5, 0.6) is 11.5 Å². The average Bonchev–Trinajstić information content (AvgIpc) is 3.25. The Morgan fingerprint density at radius 1 is 1.09 bits per heavy atom. The number of nitro groups is 1. The molecule has 0 aliphatic carbocycles. The Bertz CT molecular complexity index is 1240. The summed E-state index contributed by atoms with van der Waals surface area (Å²) in [7, 11) is 0. The number of hydrogen-bond acceptors (Lipinski definition) is 6. The molecule has 0 unspecified atom stereocenters. The highest BCUT2D eigenvalue weighted by Crippen LogP contribution is 2.34. The first-order valence-corrected chi connectivity index (χ1v) is 11.4. The van der Waals surface area contributed by atoms with Crippen molar-refractivity contribution in [2.45, 2.75) is 26.5 Å². The number of nitrogens with one attached hydrogen (secondary N) is 2. The highest BCUT2D eigenvalue weighted by molar-refractivity contribution is 6.31. The van der Waals surface area contributed by atoms with E-state index in [0.29, 0.717) is 29.7 Å². The summed E-state index contributed by atoms with van der Waals surface area (Å²) in [5.41, 5.74) is 3.74. The van der Waals surface area contributed by atoms with Crippen molar-refractivity contribution in [2.75, 3.05) is 13.2 Å². The standard InChI is InChI=1S/C25H25ClN4O4/c1-2-33-23-13-18(15-27-12-11-25-28-21-5-3-4-6-22(21)29-25)20(26)14-24(23)34-16-17-7-9-19(10-8-17)30(31)32/h3-10,13-14,27H,2,11-12,15-16H2,1H3,(H,28,29). The van der Waals surface area contributed by atoms with Crippen molar-refractivity contribution in [2.24, 2.45) is 0 Å². The Labute approximate surface area is 202 Å². The second kappa shape index (κ2) is 11.0. The van der Waals surface area contributed by atoms with Gasteiger partial charge in [0.15, 0.2) is 11.5 Å². The van der Waals surface area contributed by atoms with E-state index in [0.717, 1.165) is 41.0 Å². The van der Waals surface area contributed by atoms with Crippen LogP contribution in [0.25, 0.3) is 11.0 Å². The summed E-state index contributed by atoms with van der Waals surface area (Å²) in [6, 6.07) is 17.8. The molecule has 0 radical (unpaired) electrons. The first kappa shape index (κ1) is 23.5. The van der Waals surface area contributed by atoms with Crippen molar-refractivity contribution in [3.63, 3.8) is 0 Å². The van der Waals surface area contributed by atoms with Gasteiger partial charge < -0.3 is 19.8 Å². The number of benzene rings is 3. The third kappa shape index (κ3) is 5.84. The number of para-hydroxylation sites is 2. The third-order valence-electron chi connectivity index (χ3n) is 5.25. The molecule has 34 heavy (non-hydrogen) atoms. The zero-order valence-corrected chi connectivity index (χ0v) is 19.5. The van der Waals surface area contributed by atoms with Gasteiger partial charge in [-0.15, -0.1) is 0 Å². The highest BCUT2D eigenvalue weighted by atomic mass is 35.5. The van der Waals surface area contributed by atoms with Gasteiger partial charge in [0, 0.05) is 42.7 Å². The summed E-state index contributed by atoms with van der Waals surface area (Å²) in [6.07, 6.45) is 0.765. The molecule has 0 bridgehead atoms. The van der Waals surface area contributed by atoms with E-state index in [4.69, 9.17) is 21.1 Å². The molecule has 176 valence electrons. The average molecular weight is 481 g/mol. The van der Waals surface area contributed by atoms with Gasteiger partial charge in [0.25, 0.3) is 5.69 Å². The fourth-order valence-electron chi connectivity index (χ4n) is 3.52. The second-order valence-electron chi connectivity index (χ2n) is 7.66. The Hall–Kier alpha value is -3.62. The second-order valence-corrected chi connectivity index (χ2v) is 8.07. The summed E-state index contributed by atoms with van der Waals surface area (Å²) < 4.78 is 11.7. The molecule has 0 amide bonds. The normalized spacial score (nSPS) is 11.0. The number of rotatable bonds is 11. The molecule has 3 aromatic carbocycles. The van der Waals surface area contributed by atoms with Gasteiger partial charge in [0.1, 0.15) is 12.4 Å². The number of H-pyrrole nitrogens is 1. The molecule has 9 heteroatoms. The third-order valence-corrected chi connectivity index (χ3v) is 5.60. The fourth-order valence-corrected chi connectivity index (χ4v) is 3.74. The first-order chi connectivity index (χ1) is 16.5. The van der Waals surface area contributed by atoms with Gasteiger partial charge in [-0.1, -0.05) is 23.7 Å². The molecule has 4 aromatic rings. The van der Waals surface area contributed by atoms with Crippen molar-refractivity contribution < 1.29 is 14.4 Å². The quantitative estimate of drug-likeness (QED) is 0.168. The van der Waals surface area contributed by atoms with E-state index >= 15 is 0 Å². The molecule has 1 heterocycles. The molecule has 1 aromatic heterocycles. The first-order valence-electron chi connectivity index (χ1n) is 11.0. The lowest BCUT2D eigenvalue weighted by Crippen LogP contribution is -2.17. The van der Waals surface area contributed by atoms with Crippen molar-refractivity contribution in [1.29, 1.82) is 0 Å². The summed E-state index contributed by atoms with van der Waals surface area (Å²) in [5, 5.41) is 14.8. The number of halogens is 1. The Balaban J connectivity index is 1.36. The maximum absolute atomic E-state index is 10.8. The summed E-state index contributed by atoms with van der Waals surface area (Å²) in [4.78, 5) is 18.3. The predicted molar refractivity (Wildman–Crippen MR) is 132 cm³/mol. The lowest BCUT2D eigenvalue weighted by Gasteiger charge is -2.15. The number of hydrogen-bond donors (Lipinski definition) is 2. The number of aromatic amines is 1. The SMILES string of the molecule is CCOc1cc(CNCCc2nc3ccccc3[nH]2)c(Cl)cc1OCc1ccc([N+](=O)[O-])cc1. The lowest BCUT2D eigenvalue weighted by molar-refractivity contribution is -0.384. The minimum Gasteiger partial charge on any atom is -0.490 e. The Morgan fingerprint density at radius 2 is 1.85 bits per heavy atom. The number of ether oxygens (including phenoxy) is 2. The van der Waals surface area contributed by atoms with E-state index in [1.807, 2.05) is 37.3 Å². The van der Waals surface area contributed by atoms with E-state index in [1.54, 1.807) is 18.2 Å². The Kier molecular flexibility index (Phi) is 7.61. The zero-order valence-electron chi connectivity index (χ0n) is 18.7. The molecule has 4 rings (SSSR count). The van der Waals surface area contributed by atoms with Crippen molar-refractivity contribution >= 4 is 28.3 Å². The van der Waals surface area contributed by atoms with Crippen LogP contribution in [0.4, 0.5) is 5.69 Å². The molecule has 0 fully saturated rings. The monoisotopic (exact) mass is 480 g/mol. The minimum absolute atomic E-state index is 0.0407. The van der Waals surface area contributed by atoms with Crippen LogP contribution in [-0.2, 0) is 19.6 Å². The number of nitrogens with zero attached hydrogens (tertiary/aromatic N) is 2. The van der Waals surface area contributed by atoms with E-state index in [-0.39, 0.29) is 12.3 Å². The maximum atomic E-state index is 10.8. The van der Waals surface area contributed by atoms with Crippen molar-refractivity contribution in [3.8, 4) is 11.5 Å². The topological polar surface area (TPSA) is 102 Å². The van der Waals surface area contributed by atoms with Crippen LogP contribution in [0.15, 0.2) is 60.7 Å². The minimum atomic E-state index is -0.430. The Morgan fingerprint density at radius 3 is 2.59 bits per heavy atom. The molecule has 0 aliphatic rings. The van der Waals surface area contributed by atoms with E-state index in [1.165, 1.54) is 12.1 Å². The number of nitro benzene ring substituents is 1. The molecular formula is C25H25ClN4O4. The van der Waals surface area contributed by atoms with Crippen LogP contribution in [0.3, 0.4) is 0 Å². The number of aromatic nitrogens is 2. The highest BCUT2D eigenvalue weighted by Gasteiger charge is 2.12.